The fraction of sp³-hybridized carbons (Fsp3) is 0.467. The molecule has 0 radical (unpaired) electrons. The van der Waals surface area contributed by atoms with E-state index >= 15 is 0 Å². The minimum absolute atomic E-state index is 0.308. The molecule has 120 valence electrons. The minimum atomic E-state index is -4.63. The number of amides is 1. The van der Waals surface area contributed by atoms with Crippen molar-refractivity contribution in [2.24, 2.45) is 5.92 Å². The van der Waals surface area contributed by atoms with Crippen LogP contribution in [0.25, 0.3) is 0 Å². The summed E-state index contributed by atoms with van der Waals surface area (Å²) in [6.07, 6.45) is -2.36. The standard InChI is InChI=1S/C15H16F3NO3/c1-22-14(21)12(8-9-6-7-9)19-13(20)10-4-2-3-5-11(10)15(16,17)18/h2-5,9,12H,6-8H2,1H3,(H,19,20)/t12-/m0/s1. The van der Waals surface area contributed by atoms with Crippen LogP contribution >= 0.6 is 0 Å². The second-order valence-electron chi connectivity index (χ2n) is 5.27. The molecule has 0 heterocycles. The topological polar surface area (TPSA) is 55.4 Å². The second kappa shape index (κ2) is 6.37. The maximum atomic E-state index is 12.9. The van der Waals surface area contributed by atoms with Crippen molar-refractivity contribution in [3.05, 3.63) is 35.4 Å². The first-order valence-corrected chi connectivity index (χ1v) is 6.88. The summed E-state index contributed by atoms with van der Waals surface area (Å²) in [5.41, 5.74) is -1.53. The zero-order chi connectivity index (χ0) is 16.3. The molecule has 0 unspecified atom stereocenters. The van der Waals surface area contributed by atoms with Crippen molar-refractivity contribution in [1.29, 1.82) is 0 Å². The fourth-order valence-electron chi connectivity index (χ4n) is 2.21. The van der Waals surface area contributed by atoms with Crippen LogP contribution in [0, 0.1) is 5.92 Å². The van der Waals surface area contributed by atoms with Gasteiger partial charge in [0.1, 0.15) is 6.04 Å². The van der Waals surface area contributed by atoms with Crippen LogP contribution in [0.4, 0.5) is 13.2 Å². The number of rotatable bonds is 5. The van der Waals surface area contributed by atoms with E-state index in [1.165, 1.54) is 19.2 Å². The van der Waals surface area contributed by atoms with Gasteiger partial charge in [0.25, 0.3) is 5.91 Å². The molecule has 1 aliphatic rings. The number of halogens is 3. The molecule has 0 aromatic heterocycles. The molecule has 22 heavy (non-hydrogen) atoms. The third kappa shape index (κ3) is 3.99. The Kier molecular flexibility index (Phi) is 4.73. The van der Waals surface area contributed by atoms with Crippen LogP contribution in [0.15, 0.2) is 24.3 Å². The number of esters is 1. The Morgan fingerprint density at radius 3 is 2.50 bits per heavy atom. The van der Waals surface area contributed by atoms with Crippen molar-refractivity contribution in [1.82, 2.24) is 5.32 Å². The summed E-state index contributed by atoms with van der Waals surface area (Å²) in [7, 11) is 1.18. The molecule has 4 nitrogen and oxygen atoms in total. The Morgan fingerprint density at radius 1 is 1.32 bits per heavy atom. The third-order valence-electron chi connectivity index (χ3n) is 3.53. The molecule has 1 fully saturated rings. The molecular formula is C15H16F3NO3. The van der Waals surface area contributed by atoms with Crippen molar-refractivity contribution in [3.63, 3.8) is 0 Å². The maximum absolute atomic E-state index is 12.9. The van der Waals surface area contributed by atoms with Crippen LogP contribution in [0.3, 0.4) is 0 Å². The summed E-state index contributed by atoms with van der Waals surface area (Å²) in [6.45, 7) is 0. The smallest absolute Gasteiger partial charge is 0.417 e. The van der Waals surface area contributed by atoms with Crippen molar-refractivity contribution < 1.29 is 27.5 Å². The van der Waals surface area contributed by atoms with Crippen LogP contribution < -0.4 is 5.32 Å². The number of methoxy groups -OCH3 is 1. The van der Waals surface area contributed by atoms with Gasteiger partial charge in [0.05, 0.1) is 18.2 Å². The van der Waals surface area contributed by atoms with Crippen molar-refractivity contribution >= 4 is 11.9 Å². The van der Waals surface area contributed by atoms with Gasteiger partial charge >= 0.3 is 12.1 Å². The molecule has 1 saturated carbocycles. The van der Waals surface area contributed by atoms with Crippen molar-refractivity contribution in [2.45, 2.75) is 31.5 Å². The number of carbonyl (C=O) groups is 2. The van der Waals surface area contributed by atoms with E-state index in [1.54, 1.807) is 0 Å². The average Bonchev–Trinajstić information content (AvgIpc) is 3.28. The largest absolute Gasteiger partial charge is 0.467 e. The van der Waals surface area contributed by atoms with Gasteiger partial charge in [-0.05, 0) is 24.5 Å². The number of carbonyl (C=O) groups excluding carboxylic acids is 2. The van der Waals surface area contributed by atoms with E-state index in [0.717, 1.165) is 25.0 Å². The van der Waals surface area contributed by atoms with Gasteiger partial charge in [-0.2, -0.15) is 13.2 Å². The highest BCUT2D eigenvalue weighted by Gasteiger charge is 2.36. The Labute approximate surface area is 125 Å². The molecule has 0 saturated heterocycles. The quantitative estimate of drug-likeness (QED) is 0.850. The molecule has 1 atom stereocenters. The molecule has 2 rings (SSSR count). The molecule has 1 N–H and O–H groups in total. The first-order valence-electron chi connectivity index (χ1n) is 6.88. The first-order chi connectivity index (χ1) is 10.3. The van der Waals surface area contributed by atoms with E-state index < -0.39 is 35.2 Å². The Bertz CT molecular complexity index is 567. The Hall–Kier alpha value is -2.05. The SMILES string of the molecule is COC(=O)[C@H](CC1CC1)NC(=O)c1ccccc1C(F)(F)F. The van der Waals surface area contributed by atoms with Gasteiger partial charge in [-0.15, -0.1) is 0 Å². The molecular weight excluding hydrogens is 299 g/mol. The number of alkyl halides is 3. The van der Waals surface area contributed by atoms with E-state index in [2.05, 4.69) is 10.1 Å². The minimum Gasteiger partial charge on any atom is -0.467 e. The molecule has 1 aliphatic carbocycles. The number of nitrogens with one attached hydrogen (secondary N) is 1. The normalized spacial score (nSPS) is 16.0. The number of benzene rings is 1. The highest BCUT2D eigenvalue weighted by Crippen LogP contribution is 2.34. The van der Waals surface area contributed by atoms with E-state index in [4.69, 9.17) is 0 Å². The van der Waals surface area contributed by atoms with E-state index in [1.807, 2.05) is 0 Å². The summed E-state index contributed by atoms with van der Waals surface area (Å²) in [5, 5.41) is 2.35. The zero-order valence-corrected chi connectivity index (χ0v) is 11.9. The molecule has 1 aromatic carbocycles. The summed E-state index contributed by atoms with van der Waals surface area (Å²) in [6, 6.07) is 3.55. The van der Waals surface area contributed by atoms with Gasteiger partial charge in [-0.25, -0.2) is 4.79 Å². The van der Waals surface area contributed by atoms with Gasteiger partial charge in [0.15, 0.2) is 0 Å². The predicted octanol–water partition coefficient (Wildman–Crippen LogP) is 2.78. The number of ether oxygens (including phenoxy) is 1. The number of hydrogen-bond acceptors (Lipinski definition) is 3. The first kappa shape index (κ1) is 16.3. The van der Waals surface area contributed by atoms with Crippen molar-refractivity contribution in [3.8, 4) is 0 Å². The van der Waals surface area contributed by atoms with Gasteiger partial charge in [-0.3, -0.25) is 4.79 Å². The van der Waals surface area contributed by atoms with Gasteiger partial charge in [0, 0.05) is 0 Å². The summed E-state index contributed by atoms with van der Waals surface area (Å²) in [4.78, 5) is 23.8. The molecule has 1 amide bonds. The van der Waals surface area contributed by atoms with Crippen LogP contribution in [0.5, 0.6) is 0 Å². The van der Waals surface area contributed by atoms with Crippen LogP contribution in [0.2, 0.25) is 0 Å². The maximum Gasteiger partial charge on any atom is 0.417 e. The summed E-state index contributed by atoms with van der Waals surface area (Å²) < 4.78 is 43.4. The average molecular weight is 315 g/mol. The molecule has 1 aromatic rings. The Balaban J connectivity index is 2.18. The lowest BCUT2D eigenvalue weighted by atomic mass is 10.0. The van der Waals surface area contributed by atoms with E-state index in [9.17, 15) is 22.8 Å². The van der Waals surface area contributed by atoms with Crippen molar-refractivity contribution in [2.75, 3.05) is 7.11 Å². The van der Waals surface area contributed by atoms with Crippen LogP contribution in [0.1, 0.15) is 35.2 Å². The second-order valence-corrected chi connectivity index (χ2v) is 5.27. The van der Waals surface area contributed by atoms with E-state index in [0.29, 0.717) is 12.3 Å². The zero-order valence-electron chi connectivity index (χ0n) is 11.9. The summed E-state index contributed by atoms with van der Waals surface area (Å²) in [5.74, 6) is -1.27. The van der Waals surface area contributed by atoms with E-state index in [-0.39, 0.29) is 0 Å². The molecule has 0 spiro atoms. The van der Waals surface area contributed by atoms with Gasteiger partial charge in [-0.1, -0.05) is 25.0 Å². The molecule has 7 heteroatoms. The summed E-state index contributed by atoms with van der Waals surface area (Å²) >= 11 is 0. The monoisotopic (exact) mass is 315 g/mol. The third-order valence-corrected chi connectivity index (χ3v) is 3.53. The predicted molar refractivity (Wildman–Crippen MR) is 72.1 cm³/mol. The van der Waals surface area contributed by atoms with Crippen LogP contribution in [-0.2, 0) is 15.7 Å². The van der Waals surface area contributed by atoms with Gasteiger partial charge < -0.3 is 10.1 Å². The Morgan fingerprint density at radius 2 is 1.95 bits per heavy atom. The highest BCUT2D eigenvalue weighted by atomic mass is 19.4. The molecule has 0 aliphatic heterocycles. The van der Waals surface area contributed by atoms with Crippen LogP contribution in [-0.4, -0.2) is 25.0 Å². The lowest BCUT2D eigenvalue weighted by molar-refractivity contribution is -0.143. The lowest BCUT2D eigenvalue weighted by Gasteiger charge is -2.18. The number of hydrogen-bond donors (Lipinski definition) is 1. The fourth-order valence-corrected chi connectivity index (χ4v) is 2.21. The van der Waals surface area contributed by atoms with Gasteiger partial charge in [0.2, 0.25) is 0 Å². The highest BCUT2D eigenvalue weighted by molar-refractivity contribution is 5.98. The lowest BCUT2D eigenvalue weighted by Crippen LogP contribution is -2.42. The molecule has 0 bridgehead atoms.